The van der Waals surface area contributed by atoms with Crippen LogP contribution in [0, 0.1) is 18.3 Å². The van der Waals surface area contributed by atoms with Gasteiger partial charge in [-0.3, -0.25) is 0 Å². The molecule has 15 heavy (non-hydrogen) atoms. The van der Waals surface area contributed by atoms with E-state index in [1.54, 1.807) is 12.1 Å². The molecule has 0 unspecified atom stereocenters. The first-order valence-corrected chi connectivity index (χ1v) is 5.14. The van der Waals surface area contributed by atoms with E-state index in [9.17, 15) is 0 Å². The molecule has 1 aromatic heterocycles. The van der Waals surface area contributed by atoms with Gasteiger partial charge in [0, 0.05) is 11.2 Å². The van der Waals surface area contributed by atoms with E-state index in [0.29, 0.717) is 5.56 Å². The molecule has 0 aromatic carbocycles. The summed E-state index contributed by atoms with van der Waals surface area (Å²) in [6.45, 7) is 8.24. The van der Waals surface area contributed by atoms with Crippen molar-refractivity contribution in [1.82, 2.24) is 4.98 Å². The van der Waals surface area contributed by atoms with Crippen LogP contribution in [0.5, 0.6) is 0 Å². The maximum Gasteiger partial charge on any atom is 0.127 e. The Morgan fingerprint density at radius 3 is 2.67 bits per heavy atom. The first-order valence-electron chi connectivity index (χ1n) is 5.14. The maximum atomic E-state index is 8.84. The van der Waals surface area contributed by atoms with Crippen LogP contribution in [0.15, 0.2) is 12.1 Å². The predicted octanol–water partition coefficient (Wildman–Crippen LogP) is 2.86. The highest BCUT2D eigenvalue weighted by Gasteiger charge is 2.15. The highest BCUT2D eigenvalue weighted by molar-refractivity contribution is 5.45. The fraction of sp³-hybridized carbons (Fsp3) is 0.500. The summed E-state index contributed by atoms with van der Waals surface area (Å²) in [5.74, 6) is 0.776. The number of hydrogen-bond donors (Lipinski definition) is 1. The van der Waals surface area contributed by atoms with Gasteiger partial charge in [-0.1, -0.05) is 6.92 Å². The number of nitrogens with zero attached hydrogens (tertiary/aromatic N) is 2. The van der Waals surface area contributed by atoms with Crippen molar-refractivity contribution in [3.63, 3.8) is 0 Å². The average molecular weight is 203 g/mol. The molecule has 1 N–H and O–H groups in total. The zero-order valence-electron chi connectivity index (χ0n) is 9.76. The molecule has 3 heteroatoms. The van der Waals surface area contributed by atoms with Gasteiger partial charge in [-0.15, -0.1) is 0 Å². The van der Waals surface area contributed by atoms with Gasteiger partial charge in [0.2, 0.25) is 0 Å². The van der Waals surface area contributed by atoms with E-state index in [2.05, 4.69) is 37.1 Å². The minimum absolute atomic E-state index is 0.00746. The van der Waals surface area contributed by atoms with Crippen molar-refractivity contribution in [2.24, 2.45) is 0 Å². The standard InChI is InChI=1S/C12H17N3/c1-5-12(3,4)15-11-7-10(8-13)6-9(2)14-11/h6-7H,5H2,1-4H3,(H,14,15). The molecule has 1 aromatic rings. The third kappa shape index (κ3) is 3.25. The topological polar surface area (TPSA) is 48.7 Å². The Morgan fingerprint density at radius 1 is 1.47 bits per heavy atom. The van der Waals surface area contributed by atoms with Crippen molar-refractivity contribution in [2.75, 3.05) is 5.32 Å². The Morgan fingerprint density at radius 2 is 2.13 bits per heavy atom. The molecular formula is C12H17N3. The molecule has 0 radical (unpaired) electrons. The first kappa shape index (κ1) is 11.5. The summed E-state index contributed by atoms with van der Waals surface area (Å²) in [5.41, 5.74) is 1.52. The van der Waals surface area contributed by atoms with Crippen LogP contribution < -0.4 is 5.32 Å². The summed E-state index contributed by atoms with van der Waals surface area (Å²) in [4.78, 5) is 4.35. The highest BCUT2D eigenvalue weighted by atomic mass is 15.0. The molecule has 0 saturated heterocycles. The van der Waals surface area contributed by atoms with Gasteiger partial charge >= 0.3 is 0 Å². The van der Waals surface area contributed by atoms with Crippen molar-refractivity contribution in [2.45, 2.75) is 39.7 Å². The number of nitriles is 1. The molecule has 1 rings (SSSR count). The average Bonchev–Trinajstić information content (AvgIpc) is 2.16. The molecular weight excluding hydrogens is 186 g/mol. The minimum atomic E-state index is 0.00746. The van der Waals surface area contributed by atoms with Crippen LogP contribution in [0.25, 0.3) is 0 Å². The second kappa shape index (κ2) is 4.31. The fourth-order valence-corrected chi connectivity index (χ4v) is 1.23. The Kier molecular flexibility index (Phi) is 3.31. The summed E-state index contributed by atoms with van der Waals surface area (Å²) in [5, 5.41) is 12.2. The van der Waals surface area contributed by atoms with Gasteiger partial charge in [0.15, 0.2) is 0 Å². The van der Waals surface area contributed by atoms with Crippen LogP contribution in [0.1, 0.15) is 38.4 Å². The van der Waals surface area contributed by atoms with Gasteiger partial charge in [0.25, 0.3) is 0 Å². The molecule has 3 nitrogen and oxygen atoms in total. The summed E-state index contributed by atoms with van der Waals surface area (Å²) in [6, 6.07) is 5.70. The zero-order chi connectivity index (χ0) is 11.5. The van der Waals surface area contributed by atoms with E-state index in [1.165, 1.54) is 0 Å². The van der Waals surface area contributed by atoms with Gasteiger partial charge in [-0.2, -0.15) is 5.26 Å². The summed E-state index contributed by atoms with van der Waals surface area (Å²) in [6.07, 6.45) is 1.00. The van der Waals surface area contributed by atoms with Crippen molar-refractivity contribution in [3.05, 3.63) is 23.4 Å². The van der Waals surface area contributed by atoms with E-state index in [1.807, 2.05) is 6.92 Å². The van der Waals surface area contributed by atoms with Crippen molar-refractivity contribution in [1.29, 1.82) is 5.26 Å². The number of nitrogens with one attached hydrogen (secondary N) is 1. The van der Waals surface area contributed by atoms with Crippen molar-refractivity contribution in [3.8, 4) is 6.07 Å². The summed E-state index contributed by atoms with van der Waals surface area (Å²) >= 11 is 0. The Bertz CT molecular complexity index is 388. The van der Waals surface area contributed by atoms with Crippen LogP contribution in [0.3, 0.4) is 0 Å². The van der Waals surface area contributed by atoms with Gasteiger partial charge in [-0.05, 0) is 39.3 Å². The van der Waals surface area contributed by atoms with Crippen LogP contribution in [0.2, 0.25) is 0 Å². The molecule has 0 aliphatic heterocycles. The van der Waals surface area contributed by atoms with Crippen LogP contribution in [-0.4, -0.2) is 10.5 Å². The predicted molar refractivity (Wildman–Crippen MR) is 61.7 cm³/mol. The molecule has 0 bridgehead atoms. The number of anilines is 1. The lowest BCUT2D eigenvalue weighted by molar-refractivity contribution is 0.545. The lowest BCUT2D eigenvalue weighted by atomic mass is 10.0. The van der Waals surface area contributed by atoms with Gasteiger partial charge in [-0.25, -0.2) is 4.98 Å². The number of aromatic nitrogens is 1. The molecule has 1 heterocycles. The molecule has 0 saturated carbocycles. The normalized spacial score (nSPS) is 10.9. The number of hydrogen-bond acceptors (Lipinski definition) is 3. The summed E-state index contributed by atoms with van der Waals surface area (Å²) < 4.78 is 0. The maximum absolute atomic E-state index is 8.84. The van der Waals surface area contributed by atoms with Crippen LogP contribution in [0.4, 0.5) is 5.82 Å². The Hall–Kier alpha value is -1.56. The van der Waals surface area contributed by atoms with E-state index < -0.39 is 0 Å². The van der Waals surface area contributed by atoms with Crippen molar-refractivity contribution < 1.29 is 0 Å². The highest BCUT2D eigenvalue weighted by Crippen LogP contribution is 2.17. The van der Waals surface area contributed by atoms with Gasteiger partial charge in [0.1, 0.15) is 5.82 Å². The fourth-order valence-electron chi connectivity index (χ4n) is 1.23. The van der Waals surface area contributed by atoms with E-state index in [4.69, 9.17) is 5.26 Å². The van der Waals surface area contributed by atoms with E-state index in [-0.39, 0.29) is 5.54 Å². The largest absolute Gasteiger partial charge is 0.365 e. The smallest absolute Gasteiger partial charge is 0.127 e. The Balaban J connectivity index is 2.96. The molecule has 0 fully saturated rings. The molecule has 0 aliphatic rings. The van der Waals surface area contributed by atoms with E-state index >= 15 is 0 Å². The summed E-state index contributed by atoms with van der Waals surface area (Å²) in [7, 11) is 0. The number of pyridine rings is 1. The Labute approximate surface area is 91.1 Å². The first-order chi connectivity index (χ1) is 6.96. The SMILES string of the molecule is CCC(C)(C)Nc1cc(C#N)cc(C)n1. The number of rotatable bonds is 3. The second-order valence-corrected chi connectivity index (χ2v) is 4.36. The lowest BCUT2D eigenvalue weighted by Crippen LogP contribution is -2.30. The molecule has 0 aliphatic carbocycles. The lowest BCUT2D eigenvalue weighted by Gasteiger charge is -2.25. The van der Waals surface area contributed by atoms with E-state index in [0.717, 1.165) is 17.9 Å². The quantitative estimate of drug-likeness (QED) is 0.821. The molecule has 0 spiro atoms. The van der Waals surface area contributed by atoms with Gasteiger partial charge < -0.3 is 5.32 Å². The van der Waals surface area contributed by atoms with Gasteiger partial charge in [0.05, 0.1) is 11.6 Å². The zero-order valence-corrected chi connectivity index (χ0v) is 9.76. The van der Waals surface area contributed by atoms with Crippen LogP contribution in [-0.2, 0) is 0 Å². The minimum Gasteiger partial charge on any atom is -0.365 e. The third-order valence-corrected chi connectivity index (χ3v) is 2.43. The second-order valence-electron chi connectivity index (χ2n) is 4.36. The monoisotopic (exact) mass is 203 g/mol. The molecule has 0 atom stereocenters. The van der Waals surface area contributed by atoms with Crippen molar-refractivity contribution >= 4 is 5.82 Å². The van der Waals surface area contributed by atoms with Crippen LogP contribution >= 0.6 is 0 Å². The number of aryl methyl sites for hydroxylation is 1. The third-order valence-electron chi connectivity index (χ3n) is 2.43. The molecule has 0 amide bonds. The molecule has 80 valence electrons.